The topological polar surface area (TPSA) is 30.0 Å². The molecular weight excluding hydrogens is 238 g/mol. The molecule has 2 rings (SSSR count). The van der Waals surface area contributed by atoms with E-state index in [9.17, 15) is 4.79 Å². The molecule has 1 heterocycles. The van der Waals surface area contributed by atoms with Gasteiger partial charge in [-0.05, 0) is 19.1 Å². The molecule has 0 N–H and O–H groups in total. The van der Waals surface area contributed by atoms with Crippen LogP contribution < -0.4 is 0 Å². The van der Waals surface area contributed by atoms with Gasteiger partial charge in [-0.15, -0.1) is 23.1 Å². The zero-order valence-corrected chi connectivity index (χ0v) is 10.5. The molecule has 0 fully saturated rings. The lowest BCUT2D eigenvalue weighted by Crippen LogP contribution is -1.80. The van der Waals surface area contributed by atoms with E-state index < -0.39 is 0 Å². The molecule has 0 aliphatic heterocycles. The molecule has 0 unspecified atom stereocenters. The first kappa shape index (κ1) is 11.4. The van der Waals surface area contributed by atoms with Gasteiger partial charge in [0.1, 0.15) is 6.29 Å². The Morgan fingerprint density at radius 2 is 2.38 bits per heavy atom. The molecule has 0 aliphatic carbocycles. The fourth-order valence-corrected chi connectivity index (χ4v) is 3.08. The highest BCUT2D eigenvalue weighted by Crippen LogP contribution is 2.25. The molecule has 2 nitrogen and oxygen atoms in total. The Balaban J connectivity index is 2.01. The summed E-state index contributed by atoms with van der Waals surface area (Å²) in [4.78, 5) is 17.2. The van der Waals surface area contributed by atoms with E-state index in [1.54, 1.807) is 23.1 Å². The van der Waals surface area contributed by atoms with E-state index in [-0.39, 0.29) is 0 Å². The number of carbonyl (C=O) groups is 1. The number of rotatable bonds is 4. The van der Waals surface area contributed by atoms with Crippen molar-refractivity contribution in [3.8, 4) is 0 Å². The SMILES string of the molecule is Cc1ncc(CSc2cccc(C=O)c2)s1. The van der Waals surface area contributed by atoms with Gasteiger partial charge in [0.05, 0.1) is 5.01 Å². The third-order valence-electron chi connectivity index (χ3n) is 2.04. The number of carbonyl (C=O) groups excluding carboxylic acids is 1. The molecule has 0 saturated carbocycles. The number of aromatic nitrogens is 1. The third kappa shape index (κ3) is 2.93. The Hall–Kier alpha value is -1.13. The summed E-state index contributed by atoms with van der Waals surface area (Å²) in [7, 11) is 0. The Morgan fingerprint density at radius 1 is 1.50 bits per heavy atom. The van der Waals surface area contributed by atoms with Gasteiger partial charge in [-0.3, -0.25) is 4.79 Å². The highest BCUT2D eigenvalue weighted by molar-refractivity contribution is 7.98. The molecule has 0 spiro atoms. The van der Waals surface area contributed by atoms with Crippen molar-refractivity contribution >= 4 is 29.4 Å². The van der Waals surface area contributed by atoms with Gasteiger partial charge in [0.25, 0.3) is 0 Å². The van der Waals surface area contributed by atoms with Crippen molar-refractivity contribution in [1.29, 1.82) is 0 Å². The van der Waals surface area contributed by atoms with Crippen molar-refractivity contribution in [2.24, 2.45) is 0 Å². The van der Waals surface area contributed by atoms with Gasteiger partial charge in [0, 0.05) is 27.3 Å². The summed E-state index contributed by atoms with van der Waals surface area (Å²) in [6.07, 6.45) is 2.79. The highest BCUT2D eigenvalue weighted by Gasteiger charge is 2.00. The Labute approximate surface area is 103 Å². The second-order valence-electron chi connectivity index (χ2n) is 3.32. The maximum atomic E-state index is 10.6. The van der Waals surface area contributed by atoms with Gasteiger partial charge in [-0.25, -0.2) is 4.98 Å². The van der Waals surface area contributed by atoms with Crippen LogP contribution >= 0.6 is 23.1 Å². The third-order valence-corrected chi connectivity index (χ3v) is 4.18. The first-order valence-electron chi connectivity index (χ1n) is 4.87. The van der Waals surface area contributed by atoms with E-state index >= 15 is 0 Å². The van der Waals surface area contributed by atoms with E-state index in [1.807, 2.05) is 37.4 Å². The Kier molecular flexibility index (Phi) is 3.74. The summed E-state index contributed by atoms with van der Waals surface area (Å²) in [6, 6.07) is 7.65. The smallest absolute Gasteiger partial charge is 0.150 e. The maximum Gasteiger partial charge on any atom is 0.150 e. The van der Waals surface area contributed by atoms with Crippen LogP contribution in [0.2, 0.25) is 0 Å². The minimum absolute atomic E-state index is 0.727. The number of aldehydes is 1. The van der Waals surface area contributed by atoms with Crippen LogP contribution in [0, 0.1) is 6.92 Å². The molecule has 82 valence electrons. The summed E-state index contributed by atoms with van der Waals surface area (Å²) in [5.41, 5.74) is 0.727. The number of thiazole rings is 1. The van der Waals surface area contributed by atoms with Gasteiger partial charge < -0.3 is 0 Å². The van der Waals surface area contributed by atoms with Crippen molar-refractivity contribution < 1.29 is 4.79 Å². The number of aryl methyl sites for hydroxylation is 1. The van der Waals surface area contributed by atoms with Crippen LogP contribution in [0.1, 0.15) is 20.2 Å². The summed E-state index contributed by atoms with van der Waals surface area (Å²) in [5.74, 6) is 0.911. The monoisotopic (exact) mass is 249 g/mol. The van der Waals surface area contributed by atoms with Crippen molar-refractivity contribution in [1.82, 2.24) is 4.98 Å². The number of nitrogens with zero attached hydrogens (tertiary/aromatic N) is 1. The molecule has 0 radical (unpaired) electrons. The van der Waals surface area contributed by atoms with Crippen molar-refractivity contribution in [2.75, 3.05) is 0 Å². The molecule has 0 saturated heterocycles. The molecule has 16 heavy (non-hydrogen) atoms. The van der Waals surface area contributed by atoms with E-state index in [4.69, 9.17) is 0 Å². The maximum absolute atomic E-state index is 10.6. The largest absolute Gasteiger partial charge is 0.298 e. The van der Waals surface area contributed by atoms with Gasteiger partial charge in [-0.2, -0.15) is 0 Å². The van der Waals surface area contributed by atoms with Crippen LogP contribution in [0.4, 0.5) is 0 Å². The first-order valence-corrected chi connectivity index (χ1v) is 6.67. The van der Waals surface area contributed by atoms with Crippen molar-refractivity contribution in [2.45, 2.75) is 17.6 Å². The fourth-order valence-electron chi connectivity index (χ4n) is 1.30. The van der Waals surface area contributed by atoms with Gasteiger partial charge in [0.15, 0.2) is 0 Å². The predicted molar refractivity (Wildman–Crippen MR) is 68.2 cm³/mol. The Morgan fingerprint density at radius 3 is 3.06 bits per heavy atom. The van der Waals surface area contributed by atoms with Crippen molar-refractivity contribution in [3.63, 3.8) is 0 Å². The van der Waals surface area contributed by atoms with Crippen LogP contribution in [-0.4, -0.2) is 11.3 Å². The molecule has 1 aromatic heterocycles. The lowest BCUT2D eigenvalue weighted by molar-refractivity contribution is 0.112. The second-order valence-corrected chi connectivity index (χ2v) is 5.69. The molecule has 0 bridgehead atoms. The van der Waals surface area contributed by atoms with E-state index in [1.165, 1.54) is 4.88 Å². The molecule has 0 amide bonds. The molecular formula is C12H11NOS2. The normalized spacial score (nSPS) is 10.3. The van der Waals surface area contributed by atoms with Gasteiger partial charge >= 0.3 is 0 Å². The highest BCUT2D eigenvalue weighted by atomic mass is 32.2. The van der Waals surface area contributed by atoms with Gasteiger partial charge in [0.2, 0.25) is 0 Å². The van der Waals surface area contributed by atoms with E-state index in [0.717, 1.165) is 27.5 Å². The van der Waals surface area contributed by atoms with Crippen LogP contribution in [0.15, 0.2) is 35.4 Å². The lowest BCUT2D eigenvalue weighted by Gasteiger charge is -1.99. The summed E-state index contributed by atoms with van der Waals surface area (Å²) < 4.78 is 0. The first-order chi connectivity index (χ1) is 7.78. The molecule has 2 aromatic rings. The molecule has 1 aromatic carbocycles. The fraction of sp³-hybridized carbons (Fsp3) is 0.167. The van der Waals surface area contributed by atoms with Crippen LogP contribution in [0.3, 0.4) is 0 Å². The quantitative estimate of drug-likeness (QED) is 0.613. The van der Waals surface area contributed by atoms with Crippen LogP contribution in [-0.2, 0) is 5.75 Å². The summed E-state index contributed by atoms with van der Waals surface area (Å²) in [5, 5.41) is 1.09. The number of thioether (sulfide) groups is 1. The number of hydrogen-bond acceptors (Lipinski definition) is 4. The molecule has 0 aliphatic rings. The van der Waals surface area contributed by atoms with E-state index in [2.05, 4.69) is 4.98 Å². The van der Waals surface area contributed by atoms with Crippen LogP contribution in [0.25, 0.3) is 0 Å². The minimum Gasteiger partial charge on any atom is -0.298 e. The second kappa shape index (κ2) is 5.27. The minimum atomic E-state index is 0.727. The average Bonchev–Trinajstić information content (AvgIpc) is 2.73. The number of hydrogen-bond donors (Lipinski definition) is 0. The zero-order valence-electron chi connectivity index (χ0n) is 8.84. The average molecular weight is 249 g/mol. The van der Waals surface area contributed by atoms with Gasteiger partial charge in [-0.1, -0.05) is 12.1 Å². The molecule has 4 heteroatoms. The van der Waals surface area contributed by atoms with E-state index in [0.29, 0.717) is 0 Å². The van der Waals surface area contributed by atoms with Crippen molar-refractivity contribution in [3.05, 3.63) is 45.9 Å². The predicted octanol–water partition coefficient (Wildman–Crippen LogP) is 3.56. The molecule has 0 atom stereocenters. The van der Waals surface area contributed by atoms with Crippen LogP contribution in [0.5, 0.6) is 0 Å². The lowest BCUT2D eigenvalue weighted by atomic mass is 10.2. The zero-order chi connectivity index (χ0) is 11.4. The summed E-state index contributed by atoms with van der Waals surface area (Å²) >= 11 is 3.44. The standard InChI is InChI=1S/C12H11NOS2/c1-9-13-6-12(16-9)8-15-11-4-2-3-10(5-11)7-14/h2-7H,8H2,1H3. The summed E-state index contributed by atoms with van der Waals surface area (Å²) in [6.45, 7) is 2.01. The number of benzene rings is 1. The Bertz CT molecular complexity index is 493.